The van der Waals surface area contributed by atoms with Gasteiger partial charge in [0, 0.05) is 5.39 Å². The molecule has 0 unspecified atom stereocenters. The third-order valence-electron chi connectivity index (χ3n) is 8.67. The molecule has 0 nitrogen and oxygen atoms in total. The maximum absolute atomic E-state index is 15.1. The fourth-order valence-corrected chi connectivity index (χ4v) is 6.37. The monoisotopic (exact) mass is 452 g/mol. The predicted molar refractivity (Wildman–Crippen MR) is 137 cm³/mol. The van der Waals surface area contributed by atoms with Crippen LogP contribution in [0.2, 0.25) is 0 Å². The normalized spacial score (nSPS) is 25.9. The van der Waals surface area contributed by atoms with Gasteiger partial charge in [0.15, 0.2) is 11.6 Å². The van der Waals surface area contributed by atoms with Crippen LogP contribution in [0, 0.1) is 29.4 Å². The maximum atomic E-state index is 15.1. The Morgan fingerprint density at radius 1 is 0.848 bits per heavy atom. The van der Waals surface area contributed by atoms with Crippen LogP contribution in [0.1, 0.15) is 107 Å². The third-order valence-corrected chi connectivity index (χ3v) is 8.67. The third kappa shape index (κ3) is 6.06. The summed E-state index contributed by atoms with van der Waals surface area (Å²) >= 11 is 0. The van der Waals surface area contributed by atoms with Crippen molar-refractivity contribution in [3.63, 3.8) is 0 Å². The molecule has 2 saturated carbocycles. The van der Waals surface area contributed by atoms with Gasteiger partial charge >= 0.3 is 0 Å². The quantitative estimate of drug-likeness (QED) is 0.262. The first-order valence-electron chi connectivity index (χ1n) is 13.6. The molecule has 0 spiro atoms. The average Bonchev–Trinajstić information content (AvgIpc) is 2.86. The van der Waals surface area contributed by atoms with Crippen molar-refractivity contribution in [1.82, 2.24) is 0 Å². The molecule has 0 amide bonds. The number of benzene rings is 2. The number of rotatable bonds is 9. The molecule has 0 aliphatic heterocycles. The SMILES string of the molecule is C=CC1CCC(CCC2CCC(c3cc4ccc(CCCCC)cc4c(F)c3F)CC2)CC1. The van der Waals surface area contributed by atoms with Crippen LogP contribution in [0.3, 0.4) is 0 Å². The highest BCUT2D eigenvalue weighted by molar-refractivity contribution is 5.85. The molecule has 2 aliphatic carbocycles. The zero-order chi connectivity index (χ0) is 23.2. The highest BCUT2D eigenvalue weighted by Crippen LogP contribution is 2.42. The Morgan fingerprint density at radius 2 is 1.52 bits per heavy atom. The summed E-state index contributed by atoms with van der Waals surface area (Å²) in [5, 5.41) is 1.30. The molecule has 0 N–H and O–H groups in total. The van der Waals surface area contributed by atoms with E-state index in [0.717, 1.165) is 67.2 Å². The van der Waals surface area contributed by atoms with Gasteiger partial charge in [0.1, 0.15) is 0 Å². The fourth-order valence-electron chi connectivity index (χ4n) is 6.37. The van der Waals surface area contributed by atoms with Crippen molar-refractivity contribution in [2.24, 2.45) is 17.8 Å². The van der Waals surface area contributed by atoms with Crippen molar-refractivity contribution in [2.45, 2.75) is 103 Å². The fraction of sp³-hybridized carbons (Fsp3) is 0.613. The summed E-state index contributed by atoms with van der Waals surface area (Å²) in [7, 11) is 0. The Labute approximate surface area is 199 Å². The smallest absolute Gasteiger partial charge is 0.166 e. The summed E-state index contributed by atoms with van der Waals surface area (Å²) in [5.41, 5.74) is 1.72. The van der Waals surface area contributed by atoms with E-state index in [9.17, 15) is 0 Å². The molecule has 0 radical (unpaired) electrons. The Morgan fingerprint density at radius 3 is 2.15 bits per heavy atom. The minimum atomic E-state index is -0.642. The Bertz CT molecular complexity index is 914. The molecule has 2 heteroatoms. The number of hydrogen-bond donors (Lipinski definition) is 0. The maximum Gasteiger partial charge on any atom is 0.166 e. The van der Waals surface area contributed by atoms with Gasteiger partial charge < -0.3 is 0 Å². The lowest BCUT2D eigenvalue weighted by molar-refractivity contribution is 0.245. The minimum Gasteiger partial charge on any atom is -0.203 e. The van der Waals surface area contributed by atoms with Crippen molar-refractivity contribution in [3.05, 3.63) is 59.7 Å². The van der Waals surface area contributed by atoms with Gasteiger partial charge in [-0.15, -0.1) is 6.58 Å². The number of halogens is 2. The zero-order valence-electron chi connectivity index (χ0n) is 20.6. The lowest BCUT2D eigenvalue weighted by Gasteiger charge is -2.32. The highest BCUT2D eigenvalue weighted by atomic mass is 19.2. The van der Waals surface area contributed by atoms with Gasteiger partial charge in [0.25, 0.3) is 0 Å². The largest absolute Gasteiger partial charge is 0.203 e. The number of fused-ring (bicyclic) bond motifs is 1. The Kier molecular flexibility index (Phi) is 8.61. The molecular weight excluding hydrogens is 410 g/mol. The Hall–Kier alpha value is -1.70. The standard InChI is InChI=1S/C31H42F2/c1-3-5-6-7-25-16-19-27-21-29(31(33)30(32)28(27)20-25)26-17-14-24(15-18-26)13-12-23-10-8-22(4-2)9-11-23/h4,16,19-24,26H,2-3,5-15,17-18H2,1H3. The van der Waals surface area contributed by atoms with E-state index in [1.54, 1.807) is 0 Å². The summed E-state index contributed by atoms with van der Waals surface area (Å²) in [6.45, 7) is 6.14. The van der Waals surface area contributed by atoms with Crippen molar-refractivity contribution in [1.29, 1.82) is 0 Å². The minimum absolute atomic E-state index is 0.160. The summed E-state index contributed by atoms with van der Waals surface area (Å²) in [4.78, 5) is 0. The van der Waals surface area contributed by atoms with E-state index in [1.807, 2.05) is 18.2 Å². The number of allylic oxidation sites excluding steroid dienone is 1. The van der Waals surface area contributed by atoms with Crippen molar-refractivity contribution in [3.8, 4) is 0 Å². The van der Waals surface area contributed by atoms with E-state index in [2.05, 4.69) is 25.6 Å². The summed E-state index contributed by atoms with van der Waals surface area (Å²) in [5.74, 6) is 1.30. The first kappa shape index (κ1) is 24.4. The van der Waals surface area contributed by atoms with Crippen molar-refractivity contribution >= 4 is 10.8 Å². The van der Waals surface area contributed by atoms with Crippen LogP contribution in [-0.2, 0) is 6.42 Å². The number of unbranched alkanes of at least 4 members (excludes halogenated alkanes) is 2. The highest BCUT2D eigenvalue weighted by Gasteiger charge is 2.27. The molecule has 2 aromatic carbocycles. The Balaban J connectivity index is 1.34. The molecule has 2 fully saturated rings. The average molecular weight is 453 g/mol. The molecule has 0 atom stereocenters. The van der Waals surface area contributed by atoms with Crippen LogP contribution < -0.4 is 0 Å². The summed E-state index contributed by atoms with van der Waals surface area (Å²) in [6, 6.07) is 7.90. The van der Waals surface area contributed by atoms with Crippen LogP contribution in [0.4, 0.5) is 8.78 Å². The molecular formula is C31H42F2. The van der Waals surface area contributed by atoms with Crippen molar-refractivity contribution < 1.29 is 8.78 Å². The van der Waals surface area contributed by atoms with Crippen LogP contribution in [0.25, 0.3) is 10.8 Å². The molecule has 0 saturated heterocycles. The second kappa shape index (κ2) is 11.6. The van der Waals surface area contributed by atoms with E-state index in [4.69, 9.17) is 0 Å². The summed E-state index contributed by atoms with van der Waals surface area (Å²) in [6.07, 6.45) is 18.8. The second-order valence-corrected chi connectivity index (χ2v) is 10.9. The van der Waals surface area contributed by atoms with Gasteiger partial charge in [0.05, 0.1) is 0 Å². The second-order valence-electron chi connectivity index (χ2n) is 10.9. The van der Waals surface area contributed by atoms with E-state index in [0.29, 0.717) is 10.9 Å². The molecule has 0 bridgehead atoms. The molecule has 0 heterocycles. The van der Waals surface area contributed by atoms with Gasteiger partial charge in [0.2, 0.25) is 0 Å². The molecule has 180 valence electrons. The number of hydrogen-bond acceptors (Lipinski definition) is 0. The van der Waals surface area contributed by atoms with E-state index < -0.39 is 11.6 Å². The zero-order valence-corrected chi connectivity index (χ0v) is 20.6. The van der Waals surface area contributed by atoms with E-state index in [-0.39, 0.29) is 5.92 Å². The number of aryl methyl sites for hydroxylation is 1. The molecule has 2 aliphatic rings. The van der Waals surface area contributed by atoms with Crippen LogP contribution in [0.5, 0.6) is 0 Å². The first-order valence-corrected chi connectivity index (χ1v) is 13.6. The predicted octanol–water partition coefficient (Wildman–Crippen LogP) is 9.90. The van der Waals surface area contributed by atoms with Crippen LogP contribution in [-0.4, -0.2) is 0 Å². The van der Waals surface area contributed by atoms with Gasteiger partial charge in [-0.2, -0.15) is 0 Å². The van der Waals surface area contributed by atoms with E-state index in [1.165, 1.54) is 51.4 Å². The first-order chi connectivity index (χ1) is 16.1. The molecule has 4 rings (SSSR count). The molecule has 0 aromatic heterocycles. The molecule has 2 aromatic rings. The van der Waals surface area contributed by atoms with Crippen LogP contribution >= 0.6 is 0 Å². The molecule has 33 heavy (non-hydrogen) atoms. The lowest BCUT2D eigenvalue weighted by atomic mass is 9.74. The lowest BCUT2D eigenvalue weighted by Crippen LogP contribution is -2.17. The van der Waals surface area contributed by atoms with E-state index >= 15 is 8.78 Å². The van der Waals surface area contributed by atoms with Crippen molar-refractivity contribution in [2.75, 3.05) is 0 Å². The van der Waals surface area contributed by atoms with Gasteiger partial charge in [-0.1, -0.05) is 50.8 Å². The summed E-state index contributed by atoms with van der Waals surface area (Å²) < 4.78 is 30.2. The van der Waals surface area contributed by atoms with Crippen LogP contribution in [0.15, 0.2) is 36.9 Å². The van der Waals surface area contributed by atoms with Gasteiger partial charge in [-0.05, 0) is 117 Å². The van der Waals surface area contributed by atoms with Gasteiger partial charge in [-0.3, -0.25) is 0 Å². The van der Waals surface area contributed by atoms with Gasteiger partial charge in [-0.25, -0.2) is 8.78 Å². The topological polar surface area (TPSA) is 0 Å².